The van der Waals surface area contributed by atoms with Gasteiger partial charge in [0.15, 0.2) is 0 Å². The molecular formula is C5H7N. The second kappa shape index (κ2) is 0.552. The van der Waals surface area contributed by atoms with Gasteiger partial charge in [0.05, 0.1) is 5.54 Å². The molecule has 0 bridgehead atoms. The first-order valence-electron chi connectivity index (χ1n) is 2.45. The van der Waals surface area contributed by atoms with Gasteiger partial charge in [-0.25, -0.2) is 0 Å². The molecule has 0 atom stereocenters. The molecule has 0 aromatic rings. The molecule has 1 saturated carbocycles. The van der Waals surface area contributed by atoms with Crippen molar-refractivity contribution >= 4 is 6.21 Å². The van der Waals surface area contributed by atoms with Crippen molar-refractivity contribution in [1.29, 1.82) is 0 Å². The van der Waals surface area contributed by atoms with Crippen LogP contribution >= 0.6 is 0 Å². The molecule has 0 amide bonds. The molecule has 1 nitrogen and oxygen atoms in total. The summed E-state index contributed by atoms with van der Waals surface area (Å²) in [7, 11) is 0. The molecule has 0 unspecified atom stereocenters. The van der Waals surface area contributed by atoms with Crippen molar-refractivity contribution in [3.63, 3.8) is 0 Å². The first-order valence-corrected chi connectivity index (χ1v) is 2.45. The molecule has 1 aliphatic carbocycles. The lowest BCUT2D eigenvalue weighted by Gasteiger charge is -2.12. The maximum absolute atomic E-state index is 4.19. The smallest absolute Gasteiger partial charge is 0.0655 e. The zero-order chi connectivity index (χ0) is 4.04. The van der Waals surface area contributed by atoms with E-state index in [-0.39, 0.29) is 0 Å². The van der Waals surface area contributed by atoms with E-state index >= 15 is 0 Å². The SMILES string of the molecule is C1=NC2(C1)CC2. The van der Waals surface area contributed by atoms with Crippen molar-refractivity contribution in [2.75, 3.05) is 0 Å². The molecule has 2 rings (SSSR count). The molecule has 2 aliphatic rings. The number of rotatable bonds is 0. The largest absolute Gasteiger partial charge is 0.290 e. The Balaban J connectivity index is 2.31. The monoisotopic (exact) mass is 81.1 g/mol. The Morgan fingerprint density at radius 2 is 2.17 bits per heavy atom. The van der Waals surface area contributed by atoms with Crippen molar-refractivity contribution in [2.24, 2.45) is 4.99 Å². The Morgan fingerprint density at radius 3 is 2.17 bits per heavy atom. The van der Waals surface area contributed by atoms with E-state index in [0.717, 1.165) is 0 Å². The first-order chi connectivity index (χ1) is 2.91. The maximum atomic E-state index is 4.19. The van der Waals surface area contributed by atoms with E-state index in [1.54, 1.807) is 0 Å². The topological polar surface area (TPSA) is 12.4 Å². The van der Waals surface area contributed by atoms with Crippen LogP contribution in [0, 0.1) is 0 Å². The van der Waals surface area contributed by atoms with Gasteiger partial charge >= 0.3 is 0 Å². The first kappa shape index (κ1) is 2.78. The minimum Gasteiger partial charge on any atom is -0.290 e. The van der Waals surface area contributed by atoms with Gasteiger partial charge in [-0.15, -0.1) is 0 Å². The van der Waals surface area contributed by atoms with Crippen molar-refractivity contribution in [2.45, 2.75) is 24.8 Å². The third kappa shape index (κ3) is 0.163. The predicted molar refractivity (Wildman–Crippen MR) is 25.1 cm³/mol. The number of hydrogen-bond donors (Lipinski definition) is 0. The highest BCUT2D eigenvalue weighted by Crippen LogP contribution is 2.46. The van der Waals surface area contributed by atoms with Crippen molar-refractivity contribution in [1.82, 2.24) is 0 Å². The zero-order valence-corrected chi connectivity index (χ0v) is 3.65. The van der Waals surface area contributed by atoms with Gasteiger partial charge in [-0.2, -0.15) is 0 Å². The van der Waals surface area contributed by atoms with Crippen LogP contribution in [0.4, 0.5) is 0 Å². The van der Waals surface area contributed by atoms with Gasteiger partial charge in [-0.1, -0.05) is 0 Å². The van der Waals surface area contributed by atoms with E-state index in [1.807, 2.05) is 6.21 Å². The highest BCUT2D eigenvalue weighted by Gasteiger charge is 2.45. The van der Waals surface area contributed by atoms with Crippen molar-refractivity contribution in [3.05, 3.63) is 0 Å². The molecular weight excluding hydrogens is 74.1 g/mol. The zero-order valence-electron chi connectivity index (χ0n) is 3.65. The fourth-order valence-corrected chi connectivity index (χ4v) is 0.827. The average Bonchev–Trinajstić information content (AvgIpc) is 2.02. The van der Waals surface area contributed by atoms with Crippen LogP contribution in [0.15, 0.2) is 4.99 Å². The molecule has 0 aromatic carbocycles. The summed E-state index contributed by atoms with van der Waals surface area (Å²) in [6.07, 6.45) is 6.02. The summed E-state index contributed by atoms with van der Waals surface area (Å²) in [6, 6.07) is 0. The van der Waals surface area contributed by atoms with Crippen LogP contribution in [0.5, 0.6) is 0 Å². The normalized spacial score (nSPS) is 33.3. The minimum atomic E-state index is 0.542. The van der Waals surface area contributed by atoms with Gasteiger partial charge in [0, 0.05) is 12.6 Å². The maximum Gasteiger partial charge on any atom is 0.0655 e. The van der Waals surface area contributed by atoms with Crippen LogP contribution in [-0.4, -0.2) is 11.8 Å². The fourth-order valence-electron chi connectivity index (χ4n) is 0.827. The highest BCUT2D eigenvalue weighted by atomic mass is 15.0. The van der Waals surface area contributed by atoms with Crippen LogP contribution in [0.3, 0.4) is 0 Å². The number of nitrogens with zero attached hydrogens (tertiary/aromatic N) is 1. The summed E-state index contributed by atoms with van der Waals surface area (Å²) in [5.41, 5.74) is 0.542. The lowest BCUT2D eigenvalue weighted by Crippen LogP contribution is -2.14. The van der Waals surface area contributed by atoms with Gasteiger partial charge < -0.3 is 0 Å². The van der Waals surface area contributed by atoms with E-state index in [0.29, 0.717) is 5.54 Å². The summed E-state index contributed by atoms with van der Waals surface area (Å²) < 4.78 is 0. The quantitative estimate of drug-likeness (QED) is 0.412. The Labute approximate surface area is 37.1 Å². The summed E-state index contributed by atoms with van der Waals surface area (Å²) in [4.78, 5) is 4.19. The Morgan fingerprint density at radius 1 is 1.50 bits per heavy atom. The van der Waals surface area contributed by atoms with Gasteiger partial charge in [0.2, 0.25) is 0 Å². The molecule has 1 heterocycles. The molecule has 32 valence electrons. The molecule has 0 N–H and O–H groups in total. The van der Waals surface area contributed by atoms with Gasteiger partial charge in [-0.05, 0) is 12.8 Å². The van der Waals surface area contributed by atoms with E-state index in [9.17, 15) is 0 Å². The fraction of sp³-hybridized carbons (Fsp3) is 0.800. The lowest BCUT2D eigenvalue weighted by atomic mass is 10.1. The summed E-state index contributed by atoms with van der Waals surface area (Å²) >= 11 is 0. The molecule has 0 radical (unpaired) electrons. The van der Waals surface area contributed by atoms with Crippen molar-refractivity contribution in [3.8, 4) is 0 Å². The van der Waals surface area contributed by atoms with E-state index in [2.05, 4.69) is 4.99 Å². The van der Waals surface area contributed by atoms with Crippen LogP contribution < -0.4 is 0 Å². The summed E-state index contributed by atoms with van der Waals surface area (Å²) in [5.74, 6) is 0. The molecule has 1 spiro atoms. The van der Waals surface area contributed by atoms with Crippen molar-refractivity contribution < 1.29 is 0 Å². The Hall–Kier alpha value is -0.330. The van der Waals surface area contributed by atoms with E-state index < -0.39 is 0 Å². The molecule has 0 saturated heterocycles. The van der Waals surface area contributed by atoms with E-state index in [4.69, 9.17) is 0 Å². The predicted octanol–water partition coefficient (Wildman–Crippen LogP) is 0.994. The van der Waals surface area contributed by atoms with Crippen LogP contribution in [0.2, 0.25) is 0 Å². The average molecular weight is 81.1 g/mol. The van der Waals surface area contributed by atoms with Gasteiger partial charge in [0.25, 0.3) is 0 Å². The molecule has 1 heteroatoms. The second-order valence-electron chi connectivity index (χ2n) is 2.24. The minimum absolute atomic E-state index is 0.542. The third-order valence-electron chi connectivity index (χ3n) is 1.66. The molecule has 6 heavy (non-hydrogen) atoms. The molecule has 1 aliphatic heterocycles. The Bertz CT molecular complexity index is 101. The lowest BCUT2D eigenvalue weighted by molar-refractivity contribution is 0.664. The van der Waals surface area contributed by atoms with Crippen LogP contribution in [0.1, 0.15) is 19.3 Å². The summed E-state index contributed by atoms with van der Waals surface area (Å²) in [5, 5.41) is 0. The van der Waals surface area contributed by atoms with Crippen LogP contribution in [-0.2, 0) is 0 Å². The standard InChI is InChI=1S/C5H7N/c1-2-5(1)3-4-6-5/h4H,1-3H2. The van der Waals surface area contributed by atoms with Crippen LogP contribution in [0.25, 0.3) is 0 Å². The third-order valence-corrected chi connectivity index (χ3v) is 1.66. The summed E-state index contributed by atoms with van der Waals surface area (Å²) in [6.45, 7) is 0. The van der Waals surface area contributed by atoms with E-state index in [1.165, 1.54) is 19.3 Å². The highest BCUT2D eigenvalue weighted by molar-refractivity contribution is 5.68. The second-order valence-corrected chi connectivity index (χ2v) is 2.24. The van der Waals surface area contributed by atoms with Gasteiger partial charge in [-0.3, -0.25) is 4.99 Å². The Kier molecular flexibility index (Phi) is 0.256. The molecule has 1 fully saturated rings. The molecule has 0 aromatic heterocycles. The van der Waals surface area contributed by atoms with Gasteiger partial charge in [0.1, 0.15) is 0 Å². The number of hydrogen-bond acceptors (Lipinski definition) is 1. The number of aliphatic imine (C=N–C) groups is 1.